The maximum Gasteiger partial charge on any atom is 0.337 e. The molecule has 1 aromatic heterocycles. The lowest BCUT2D eigenvalue weighted by Gasteiger charge is -2.03. The number of nitrogens with zero attached hydrogens (tertiary/aromatic N) is 1. The van der Waals surface area contributed by atoms with Crippen LogP contribution in [-0.4, -0.2) is 33.6 Å². The summed E-state index contributed by atoms with van der Waals surface area (Å²) in [5, 5.41) is 11.5. The molecule has 0 aliphatic rings. The summed E-state index contributed by atoms with van der Waals surface area (Å²) in [6.07, 6.45) is 0.153. The van der Waals surface area contributed by atoms with E-state index in [-0.39, 0.29) is 30.0 Å². The first-order valence-corrected chi connectivity index (χ1v) is 5.70. The van der Waals surface area contributed by atoms with E-state index >= 15 is 0 Å². The summed E-state index contributed by atoms with van der Waals surface area (Å²) in [6.45, 7) is 0.196. The van der Waals surface area contributed by atoms with Gasteiger partial charge in [-0.2, -0.15) is 0 Å². The van der Waals surface area contributed by atoms with Crippen LogP contribution in [0.15, 0.2) is 23.0 Å². The van der Waals surface area contributed by atoms with E-state index in [0.29, 0.717) is 5.52 Å². The van der Waals surface area contributed by atoms with Gasteiger partial charge in [-0.05, 0) is 12.1 Å². The van der Waals surface area contributed by atoms with E-state index in [9.17, 15) is 14.4 Å². The summed E-state index contributed by atoms with van der Waals surface area (Å²) in [6, 6.07) is 4.63. The van der Waals surface area contributed by atoms with Gasteiger partial charge in [-0.15, -0.1) is 0 Å². The summed E-state index contributed by atoms with van der Waals surface area (Å²) in [7, 11) is 1.52. The van der Waals surface area contributed by atoms with Crippen molar-refractivity contribution >= 4 is 22.9 Å². The second-order valence-electron chi connectivity index (χ2n) is 4.01. The first-order chi connectivity index (χ1) is 9.04. The van der Waals surface area contributed by atoms with Crippen molar-refractivity contribution in [2.24, 2.45) is 0 Å². The number of rotatable bonds is 4. The zero-order valence-electron chi connectivity index (χ0n) is 10.3. The number of benzene rings is 1. The molecule has 1 aromatic carbocycles. The van der Waals surface area contributed by atoms with Crippen LogP contribution in [0.3, 0.4) is 0 Å². The Labute approximate surface area is 107 Å². The number of carbonyl (C=O) groups is 2. The summed E-state index contributed by atoms with van der Waals surface area (Å²) < 4.78 is 1.36. The molecule has 0 radical (unpaired) electrons. The maximum atomic E-state index is 11.8. The van der Waals surface area contributed by atoms with Crippen molar-refractivity contribution in [1.29, 1.82) is 0 Å². The number of fused-ring (bicyclic) bond motifs is 1. The second-order valence-corrected chi connectivity index (χ2v) is 4.01. The van der Waals surface area contributed by atoms with Gasteiger partial charge < -0.3 is 15.4 Å². The molecule has 1 amide bonds. The van der Waals surface area contributed by atoms with Crippen molar-refractivity contribution in [2.45, 2.75) is 13.0 Å². The number of carbonyl (C=O) groups excluding carboxylic acids is 1. The van der Waals surface area contributed by atoms with Gasteiger partial charge in [0.05, 0.1) is 16.6 Å². The van der Waals surface area contributed by atoms with Crippen LogP contribution in [0.2, 0.25) is 0 Å². The number of aromatic amines is 1. The molecule has 7 nitrogen and oxygen atoms in total. The predicted molar refractivity (Wildman–Crippen MR) is 68.2 cm³/mol. The highest BCUT2D eigenvalue weighted by Crippen LogP contribution is 2.15. The number of carboxylic acids is 1. The van der Waals surface area contributed by atoms with Crippen LogP contribution in [0.4, 0.5) is 0 Å². The molecule has 0 aliphatic heterocycles. The number of H-pyrrole nitrogens is 1. The molecule has 7 heteroatoms. The monoisotopic (exact) mass is 263 g/mol. The highest BCUT2D eigenvalue weighted by molar-refractivity contribution is 6.00. The number of aromatic carboxylic acids is 1. The normalized spacial score (nSPS) is 10.6. The van der Waals surface area contributed by atoms with Gasteiger partial charge in [0, 0.05) is 20.0 Å². The van der Waals surface area contributed by atoms with Gasteiger partial charge in [0.25, 0.3) is 0 Å². The van der Waals surface area contributed by atoms with Gasteiger partial charge in [-0.1, -0.05) is 6.07 Å². The maximum absolute atomic E-state index is 11.8. The summed E-state index contributed by atoms with van der Waals surface area (Å²) >= 11 is 0. The summed E-state index contributed by atoms with van der Waals surface area (Å²) in [5.74, 6) is -1.29. The number of amides is 1. The molecule has 3 N–H and O–H groups in total. The fourth-order valence-electron chi connectivity index (χ4n) is 1.92. The molecule has 1 heterocycles. The molecule has 19 heavy (non-hydrogen) atoms. The fraction of sp³-hybridized carbons (Fsp3) is 0.250. The molecule has 0 bridgehead atoms. The number of carboxylic acid groups (broad SMARTS) is 1. The van der Waals surface area contributed by atoms with E-state index in [0.717, 1.165) is 0 Å². The van der Waals surface area contributed by atoms with E-state index < -0.39 is 11.7 Å². The van der Waals surface area contributed by atoms with Gasteiger partial charge in [0.2, 0.25) is 5.91 Å². The van der Waals surface area contributed by atoms with Gasteiger partial charge in [-0.3, -0.25) is 9.36 Å². The topological polar surface area (TPSA) is 104 Å². The Hall–Kier alpha value is -2.57. The summed E-state index contributed by atoms with van der Waals surface area (Å²) in [4.78, 5) is 36.6. The van der Waals surface area contributed by atoms with Crippen LogP contribution < -0.4 is 11.0 Å². The van der Waals surface area contributed by atoms with Crippen molar-refractivity contribution < 1.29 is 14.7 Å². The Morgan fingerprint density at radius 3 is 2.79 bits per heavy atom. The number of hydrogen-bond acceptors (Lipinski definition) is 3. The van der Waals surface area contributed by atoms with Crippen molar-refractivity contribution in [3.8, 4) is 0 Å². The molecule has 0 aliphatic carbocycles. The zero-order chi connectivity index (χ0) is 14.0. The standard InChI is InChI=1S/C12H13N3O4/c1-13-9(16)5-6-15-8-4-2-3-7(11(17)18)10(8)14-12(15)19/h2-4H,5-6H2,1H3,(H,13,16)(H,14,19)(H,17,18). The van der Waals surface area contributed by atoms with Crippen molar-refractivity contribution in [1.82, 2.24) is 14.9 Å². The first-order valence-electron chi connectivity index (χ1n) is 5.70. The van der Waals surface area contributed by atoms with Crippen molar-refractivity contribution in [3.05, 3.63) is 34.2 Å². The molecule has 2 aromatic rings. The van der Waals surface area contributed by atoms with Crippen LogP contribution in [0.25, 0.3) is 11.0 Å². The SMILES string of the molecule is CNC(=O)CCn1c(=O)[nH]c2c(C(=O)O)cccc21. The highest BCUT2D eigenvalue weighted by atomic mass is 16.4. The second kappa shape index (κ2) is 4.97. The molecular weight excluding hydrogens is 250 g/mol. The Balaban J connectivity index is 2.48. The largest absolute Gasteiger partial charge is 0.478 e. The number of nitrogens with one attached hydrogen (secondary N) is 2. The van der Waals surface area contributed by atoms with Gasteiger partial charge in [0.1, 0.15) is 0 Å². The minimum Gasteiger partial charge on any atom is -0.478 e. The third-order valence-corrected chi connectivity index (χ3v) is 2.88. The number of hydrogen-bond donors (Lipinski definition) is 3. The van der Waals surface area contributed by atoms with E-state index in [4.69, 9.17) is 5.11 Å². The number of aryl methyl sites for hydroxylation is 1. The molecule has 0 unspecified atom stereocenters. The minimum absolute atomic E-state index is 0.0355. The lowest BCUT2D eigenvalue weighted by molar-refractivity contribution is -0.120. The third-order valence-electron chi connectivity index (χ3n) is 2.88. The Kier molecular flexibility index (Phi) is 3.37. The van der Waals surface area contributed by atoms with Crippen LogP contribution in [0.5, 0.6) is 0 Å². The lowest BCUT2D eigenvalue weighted by atomic mass is 10.2. The molecule has 0 spiro atoms. The van der Waals surface area contributed by atoms with E-state index in [1.165, 1.54) is 17.7 Å². The summed E-state index contributed by atoms with van der Waals surface area (Å²) in [5.41, 5.74) is 0.367. The Bertz CT molecular complexity index is 699. The van der Waals surface area contributed by atoms with Crippen LogP contribution in [0, 0.1) is 0 Å². The number of imidazole rings is 1. The average molecular weight is 263 g/mol. The first kappa shape index (κ1) is 12.9. The van der Waals surface area contributed by atoms with Crippen LogP contribution >= 0.6 is 0 Å². The predicted octanol–water partition coefficient (Wildman–Crippen LogP) is 0.164. The Morgan fingerprint density at radius 2 is 2.16 bits per heavy atom. The van der Waals surface area contributed by atoms with E-state index in [2.05, 4.69) is 10.3 Å². The van der Waals surface area contributed by atoms with Gasteiger partial charge >= 0.3 is 11.7 Å². The highest BCUT2D eigenvalue weighted by Gasteiger charge is 2.14. The van der Waals surface area contributed by atoms with Gasteiger partial charge in [0.15, 0.2) is 0 Å². The van der Waals surface area contributed by atoms with E-state index in [1.54, 1.807) is 12.1 Å². The van der Waals surface area contributed by atoms with Crippen LogP contribution in [-0.2, 0) is 11.3 Å². The molecular formula is C12H13N3O4. The minimum atomic E-state index is -1.11. The van der Waals surface area contributed by atoms with E-state index in [1.807, 2.05) is 0 Å². The molecule has 2 rings (SSSR count). The van der Waals surface area contributed by atoms with Gasteiger partial charge in [-0.25, -0.2) is 9.59 Å². The lowest BCUT2D eigenvalue weighted by Crippen LogP contribution is -2.23. The Morgan fingerprint density at radius 1 is 1.42 bits per heavy atom. The molecule has 0 saturated carbocycles. The molecule has 0 saturated heterocycles. The van der Waals surface area contributed by atoms with Crippen LogP contribution in [0.1, 0.15) is 16.8 Å². The van der Waals surface area contributed by atoms with Crippen molar-refractivity contribution in [3.63, 3.8) is 0 Å². The number of aromatic nitrogens is 2. The molecule has 0 atom stereocenters. The van der Waals surface area contributed by atoms with Crippen molar-refractivity contribution in [2.75, 3.05) is 7.05 Å². The average Bonchev–Trinajstić information content (AvgIpc) is 2.71. The third kappa shape index (κ3) is 2.35. The quantitative estimate of drug-likeness (QED) is 0.731. The zero-order valence-corrected chi connectivity index (χ0v) is 10.3. The smallest absolute Gasteiger partial charge is 0.337 e. The molecule has 0 fully saturated rings. The fourth-order valence-corrected chi connectivity index (χ4v) is 1.92. The molecule has 100 valence electrons. The number of para-hydroxylation sites is 1.